The maximum absolute atomic E-state index is 12.8. The zero-order valence-electron chi connectivity index (χ0n) is 17.5. The van der Waals surface area contributed by atoms with Crippen molar-refractivity contribution in [3.8, 4) is 0 Å². The van der Waals surface area contributed by atoms with Gasteiger partial charge in [-0.25, -0.2) is 0 Å². The fourth-order valence-electron chi connectivity index (χ4n) is 3.72. The van der Waals surface area contributed by atoms with Gasteiger partial charge in [-0.3, -0.25) is 4.79 Å². The molecule has 0 bridgehead atoms. The molecule has 1 saturated heterocycles. The molecule has 7 heteroatoms. The van der Waals surface area contributed by atoms with Gasteiger partial charge < -0.3 is 24.7 Å². The van der Waals surface area contributed by atoms with Crippen LogP contribution in [0.2, 0.25) is 0 Å². The zero-order valence-corrected chi connectivity index (χ0v) is 18.4. The SMILES string of the molecule is COCCCNC(=S)N(Cc1cc2c(C)ccc(C)c2[nH]c1=O)C[C@H]1CCCO1. The van der Waals surface area contributed by atoms with Crippen molar-refractivity contribution in [2.45, 2.75) is 45.8 Å². The Labute approximate surface area is 177 Å². The van der Waals surface area contributed by atoms with Crippen LogP contribution in [0, 0.1) is 13.8 Å². The molecule has 0 spiro atoms. The lowest BCUT2D eigenvalue weighted by molar-refractivity contribution is 0.0896. The van der Waals surface area contributed by atoms with E-state index in [1.807, 2.05) is 19.1 Å². The first-order chi connectivity index (χ1) is 14.0. The maximum atomic E-state index is 12.8. The number of nitrogens with zero attached hydrogens (tertiary/aromatic N) is 1. The Bertz CT molecular complexity index is 906. The Morgan fingerprint density at radius 2 is 2.17 bits per heavy atom. The first-order valence-electron chi connectivity index (χ1n) is 10.2. The van der Waals surface area contributed by atoms with Crippen LogP contribution in [0.15, 0.2) is 23.0 Å². The molecule has 2 heterocycles. The van der Waals surface area contributed by atoms with Gasteiger partial charge in [-0.1, -0.05) is 12.1 Å². The highest BCUT2D eigenvalue weighted by Gasteiger charge is 2.22. The number of aromatic nitrogens is 1. The molecule has 6 nitrogen and oxygen atoms in total. The third-order valence-electron chi connectivity index (χ3n) is 5.42. The summed E-state index contributed by atoms with van der Waals surface area (Å²) < 4.78 is 10.9. The van der Waals surface area contributed by atoms with E-state index in [0.29, 0.717) is 30.4 Å². The zero-order chi connectivity index (χ0) is 20.8. The summed E-state index contributed by atoms with van der Waals surface area (Å²) in [6, 6.07) is 6.13. The minimum absolute atomic E-state index is 0.0641. The Morgan fingerprint density at radius 3 is 2.90 bits per heavy atom. The van der Waals surface area contributed by atoms with Crippen LogP contribution < -0.4 is 10.9 Å². The van der Waals surface area contributed by atoms with Crippen LogP contribution in [0.25, 0.3) is 10.9 Å². The van der Waals surface area contributed by atoms with Gasteiger partial charge in [0.05, 0.1) is 18.2 Å². The summed E-state index contributed by atoms with van der Waals surface area (Å²) in [5.74, 6) is 0. The Hall–Kier alpha value is -1.96. The number of hydrogen-bond acceptors (Lipinski definition) is 4. The monoisotopic (exact) mass is 417 g/mol. The van der Waals surface area contributed by atoms with Crippen molar-refractivity contribution >= 4 is 28.2 Å². The normalized spacial score (nSPS) is 16.3. The van der Waals surface area contributed by atoms with Crippen molar-refractivity contribution < 1.29 is 9.47 Å². The lowest BCUT2D eigenvalue weighted by Gasteiger charge is -2.28. The number of fused-ring (bicyclic) bond motifs is 1. The summed E-state index contributed by atoms with van der Waals surface area (Å²) in [7, 11) is 1.69. The first-order valence-corrected chi connectivity index (χ1v) is 10.7. The summed E-state index contributed by atoms with van der Waals surface area (Å²) in [6.45, 7) is 7.43. The van der Waals surface area contributed by atoms with Gasteiger partial charge in [0.25, 0.3) is 5.56 Å². The maximum Gasteiger partial charge on any atom is 0.253 e. The molecule has 1 atom stereocenters. The number of rotatable bonds is 8. The molecule has 0 aliphatic carbocycles. The Kier molecular flexibility index (Phi) is 7.64. The third-order valence-corrected chi connectivity index (χ3v) is 5.82. The molecular formula is C22H31N3O3S. The fraction of sp³-hybridized carbons (Fsp3) is 0.545. The number of benzene rings is 1. The first kappa shape index (κ1) is 21.7. The second-order valence-corrected chi connectivity index (χ2v) is 8.09. The summed E-state index contributed by atoms with van der Waals surface area (Å²) in [5.41, 5.74) is 3.77. The van der Waals surface area contributed by atoms with E-state index < -0.39 is 0 Å². The van der Waals surface area contributed by atoms with Crippen LogP contribution in [0.5, 0.6) is 0 Å². The lowest BCUT2D eigenvalue weighted by Crippen LogP contribution is -2.44. The van der Waals surface area contributed by atoms with Crippen molar-refractivity contribution in [3.05, 3.63) is 45.2 Å². The number of aromatic amines is 1. The molecule has 1 aliphatic heterocycles. The molecule has 2 aromatic rings. The van der Waals surface area contributed by atoms with Crippen molar-refractivity contribution in [2.75, 3.05) is 33.4 Å². The van der Waals surface area contributed by atoms with Gasteiger partial charge >= 0.3 is 0 Å². The molecule has 1 fully saturated rings. The summed E-state index contributed by atoms with van der Waals surface area (Å²) in [4.78, 5) is 17.9. The largest absolute Gasteiger partial charge is 0.385 e. The van der Waals surface area contributed by atoms with Crippen LogP contribution >= 0.6 is 12.2 Å². The number of nitrogens with one attached hydrogen (secondary N) is 2. The molecule has 29 heavy (non-hydrogen) atoms. The summed E-state index contributed by atoms with van der Waals surface area (Å²) in [5, 5.41) is 5.03. The van der Waals surface area contributed by atoms with Gasteiger partial charge in [0.2, 0.25) is 0 Å². The average Bonchev–Trinajstić information content (AvgIpc) is 3.21. The molecule has 0 saturated carbocycles. The number of hydrogen-bond donors (Lipinski definition) is 2. The second-order valence-electron chi connectivity index (χ2n) is 7.71. The number of methoxy groups -OCH3 is 1. The van der Waals surface area contributed by atoms with Gasteiger partial charge in [-0.05, 0) is 62.5 Å². The van der Waals surface area contributed by atoms with Crippen LogP contribution in [0.4, 0.5) is 0 Å². The van der Waals surface area contributed by atoms with Gasteiger partial charge in [0.15, 0.2) is 5.11 Å². The van der Waals surface area contributed by atoms with Crippen LogP contribution in [0.3, 0.4) is 0 Å². The minimum Gasteiger partial charge on any atom is -0.385 e. The van der Waals surface area contributed by atoms with E-state index in [1.54, 1.807) is 7.11 Å². The van der Waals surface area contributed by atoms with Crippen molar-refractivity contribution in [2.24, 2.45) is 0 Å². The summed E-state index contributed by atoms with van der Waals surface area (Å²) >= 11 is 5.65. The highest BCUT2D eigenvalue weighted by molar-refractivity contribution is 7.80. The number of pyridine rings is 1. The van der Waals surface area contributed by atoms with E-state index in [4.69, 9.17) is 21.7 Å². The highest BCUT2D eigenvalue weighted by atomic mass is 32.1. The smallest absolute Gasteiger partial charge is 0.253 e. The van der Waals surface area contributed by atoms with Gasteiger partial charge in [-0.15, -0.1) is 0 Å². The topological polar surface area (TPSA) is 66.6 Å². The van der Waals surface area contributed by atoms with Gasteiger partial charge in [0.1, 0.15) is 0 Å². The molecule has 2 N–H and O–H groups in total. The number of thiocarbonyl (C=S) groups is 1. The minimum atomic E-state index is -0.0641. The van der Waals surface area contributed by atoms with Gasteiger partial charge in [0, 0.05) is 44.4 Å². The molecule has 0 amide bonds. The number of aryl methyl sites for hydroxylation is 2. The molecule has 3 rings (SSSR count). The van der Waals surface area contributed by atoms with E-state index in [9.17, 15) is 4.79 Å². The predicted octanol–water partition coefficient (Wildman–Crippen LogP) is 3.04. The molecule has 0 unspecified atom stereocenters. The number of ether oxygens (including phenoxy) is 2. The van der Waals surface area contributed by atoms with Crippen molar-refractivity contribution in [1.82, 2.24) is 15.2 Å². The molecule has 0 radical (unpaired) electrons. The molecule has 1 aromatic carbocycles. The standard InChI is InChI=1S/C22H31N3O3S/c1-15-7-8-16(2)20-19(15)12-17(21(26)24-20)13-25(14-18-6-4-11-28-18)22(29)23-9-5-10-27-3/h7-8,12,18H,4-6,9-11,13-14H2,1-3H3,(H,23,29)(H,24,26)/t18-/m1/s1. The van der Waals surface area contributed by atoms with Gasteiger partial charge in [-0.2, -0.15) is 0 Å². The van der Waals surface area contributed by atoms with Crippen LogP contribution in [-0.4, -0.2) is 54.5 Å². The van der Waals surface area contributed by atoms with Crippen molar-refractivity contribution in [3.63, 3.8) is 0 Å². The van der Waals surface area contributed by atoms with E-state index in [0.717, 1.165) is 54.4 Å². The van der Waals surface area contributed by atoms with Crippen LogP contribution in [-0.2, 0) is 16.0 Å². The molecular weight excluding hydrogens is 386 g/mol. The lowest BCUT2D eigenvalue weighted by atomic mass is 10.0. The Morgan fingerprint density at radius 1 is 1.38 bits per heavy atom. The average molecular weight is 418 g/mol. The third kappa shape index (κ3) is 5.56. The Balaban J connectivity index is 1.82. The summed E-state index contributed by atoms with van der Waals surface area (Å²) in [6.07, 6.45) is 3.12. The van der Waals surface area contributed by atoms with Crippen LogP contribution in [0.1, 0.15) is 36.0 Å². The van der Waals surface area contributed by atoms with E-state index in [1.165, 1.54) is 0 Å². The van der Waals surface area contributed by atoms with E-state index >= 15 is 0 Å². The molecule has 1 aliphatic rings. The quantitative estimate of drug-likeness (QED) is 0.508. The van der Waals surface area contributed by atoms with E-state index in [2.05, 4.69) is 28.2 Å². The van der Waals surface area contributed by atoms with E-state index in [-0.39, 0.29) is 11.7 Å². The highest BCUT2D eigenvalue weighted by Crippen LogP contribution is 2.21. The van der Waals surface area contributed by atoms with Crippen molar-refractivity contribution in [1.29, 1.82) is 0 Å². The number of H-pyrrole nitrogens is 1. The molecule has 158 valence electrons. The predicted molar refractivity (Wildman–Crippen MR) is 121 cm³/mol. The fourth-order valence-corrected chi connectivity index (χ4v) is 3.96. The molecule has 1 aromatic heterocycles. The second kappa shape index (κ2) is 10.2.